The average molecular weight is 360 g/mol. The van der Waals surface area contributed by atoms with Crippen molar-refractivity contribution in [2.24, 2.45) is 0 Å². The van der Waals surface area contributed by atoms with Crippen LogP contribution in [0.4, 0.5) is 5.69 Å². The predicted octanol–water partition coefficient (Wildman–Crippen LogP) is 3.23. The average Bonchev–Trinajstić information content (AvgIpc) is 2.54. The van der Waals surface area contributed by atoms with E-state index in [1.54, 1.807) is 18.2 Å². The summed E-state index contributed by atoms with van der Waals surface area (Å²) in [6, 6.07) is 10.7. The van der Waals surface area contributed by atoms with Crippen molar-refractivity contribution < 1.29 is 13.2 Å². The molecule has 0 aliphatic carbocycles. The lowest BCUT2D eigenvalue weighted by Gasteiger charge is -2.11. The standard InChI is InChI=1S/C19H24N2O3S/c1-13-8-9-17(12-15(13)3)25(23,24)20-11-10-19(22)21-18-7-5-6-14(2)16(18)4/h5-9,12,20H,10-11H2,1-4H3,(H,21,22). The summed E-state index contributed by atoms with van der Waals surface area (Å²) in [7, 11) is -3.61. The van der Waals surface area contributed by atoms with Crippen molar-refractivity contribution in [3.63, 3.8) is 0 Å². The highest BCUT2D eigenvalue weighted by Crippen LogP contribution is 2.18. The zero-order chi connectivity index (χ0) is 18.6. The maximum absolute atomic E-state index is 12.3. The number of nitrogens with one attached hydrogen (secondary N) is 2. The van der Waals surface area contributed by atoms with Gasteiger partial charge in [0.2, 0.25) is 15.9 Å². The molecule has 25 heavy (non-hydrogen) atoms. The van der Waals surface area contributed by atoms with Crippen molar-refractivity contribution >= 4 is 21.6 Å². The molecular weight excluding hydrogens is 336 g/mol. The number of anilines is 1. The third kappa shape index (κ3) is 4.90. The van der Waals surface area contributed by atoms with E-state index >= 15 is 0 Å². The fraction of sp³-hybridized carbons (Fsp3) is 0.316. The summed E-state index contributed by atoms with van der Waals surface area (Å²) in [6.07, 6.45) is 0.0669. The van der Waals surface area contributed by atoms with E-state index in [-0.39, 0.29) is 23.8 Å². The largest absolute Gasteiger partial charge is 0.326 e. The predicted molar refractivity (Wildman–Crippen MR) is 100 cm³/mol. The number of sulfonamides is 1. The van der Waals surface area contributed by atoms with Crippen LogP contribution in [0.5, 0.6) is 0 Å². The SMILES string of the molecule is Cc1ccc(S(=O)(=O)NCCC(=O)Nc2cccc(C)c2C)cc1C. The smallest absolute Gasteiger partial charge is 0.240 e. The molecule has 0 saturated carbocycles. The van der Waals surface area contributed by atoms with Gasteiger partial charge in [-0.3, -0.25) is 4.79 Å². The Bertz CT molecular complexity index is 890. The van der Waals surface area contributed by atoms with Crippen molar-refractivity contribution in [1.29, 1.82) is 0 Å². The van der Waals surface area contributed by atoms with Crippen LogP contribution >= 0.6 is 0 Å². The Morgan fingerprint density at radius 1 is 0.960 bits per heavy atom. The molecule has 0 fully saturated rings. The molecule has 0 atom stereocenters. The summed E-state index contributed by atoms with van der Waals surface area (Å²) < 4.78 is 27.1. The third-order valence-electron chi connectivity index (χ3n) is 4.31. The number of benzene rings is 2. The number of hydrogen-bond donors (Lipinski definition) is 2. The number of carbonyl (C=O) groups is 1. The Balaban J connectivity index is 1.94. The molecule has 2 aromatic carbocycles. The van der Waals surface area contributed by atoms with Crippen LogP contribution in [0.15, 0.2) is 41.3 Å². The molecule has 0 aliphatic heterocycles. The van der Waals surface area contributed by atoms with Crippen molar-refractivity contribution in [2.75, 3.05) is 11.9 Å². The fourth-order valence-corrected chi connectivity index (χ4v) is 3.48. The highest BCUT2D eigenvalue weighted by molar-refractivity contribution is 7.89. The van der Waals surface area contributed by atoms with Gasteiger partial charge in [0.1, 0.15) is 0 Å². The van der Waals surface area contributed by atoms with Gasteiger partial charge in [0, 0.05) is 18.7 Å². The van der Waals surface area contributed by atoms with Gasteiger partial charge in [-0.25, -0.2) is 13.1 Å². The summed E-state index contributed by atoms with van der Waals surface area (Å²) >= 11 is 0. The van der Waals surface area contributed by atoms with Crippen molar-refractivity contribution in [3.8, 4) is 0 Å². The molecule has 2 aromatic rings. The topological polar surface area (TPSA) is 75.3 Å². The highest BCUT2D eigenvalue weighted by atomic mass is 32.2. The monoisotopic (exact) mass is 360 g/mol. The van der Waals surface area contributed by atoms with Crippen molar-refractivity contribution in [2.45, 2.75) is 39.0 Å². The molecule has 134 valence electrons. The number of aryl methyl sites for hydroxylation is 3. The van der Waals surface area contributed by atoms with Crippen molar-refractivity contribution in [1.82, 2.24) is 4.72 Å². The molecule has 1 amide bonds. The van der Waals surface area contributed by atoms with E-state index in [0.717, 1.165) is 27.9 Å². The number of hydrogen-bond acceptors (Lipinski definition) is 3. The van der Waals surface area contributed by atoms with Gasteiger partial charge >= 0.3 is 0 Å². The summed E-state index contributed by atoms with van der Waals surface area (Å²) in [4.78, 5) is 12.3. The van der Waals surface area contributed by atoms with Gasteiger partial charge in [0.05, 0.1) is 4.90 Å². The van der Waals surface area contributed by atoms with E-state index < -0.39 is 10.0 Å². The molecule has 0 spiro atoms. The summed E-state index contributed by atoms with van der Waals surface area (Å²) in [5.74, 6) is -0.225. The van der Waals surface area contributed by atoms with Crippen LogP contribution in [0.2, 0.25) is 0 Å². The molecular formula is C19H24N2O3S. The molecule has 0 saturated heterocycles. The number of amides is 1. The fourth-order valence-electron chi connectivity index (χ4n) is 2.36. The first-order valence-corrected chi connectivity index (χ1v) is 9.62. The van der Waals surface area contributed by atoms with E-state index in [0.29, 0.717) is 0 Å². The van der Waals surface area contributed by atoms with Crippen LogP contribution in [0.3, 0.4) is 0 Å². The lowest BCUT2D eigenvalue weighted by atomic mass is 10.1. The highest BCUT2D eigenvalue weighted by Gasteiger charge is 2.15. The van der Waals surface area contributed by atoms with Gasteiger partial charge in [0.15, 0.2) is 0 Å². The Hall–Kier alpha value is -2.18. The molecule has 0 heterocycles. The molecule has 2 rings (SSSR count). The first-order valence-electron chi connectivity index (χ1n) is 8.13. The lowest BCUT2D eigenvalue weighted by Crippen LogP contribution is -2.28. The Kier molecular flexibility index (Phi) is 5.98. The van der Waals surface area contributed by atoms with Crippen LogP contribution in [-0.4, -0.2) is 20.9 Å². The Labute approximate surface area is 149 Å². The first kappa shape index (κ1) is 19.1. The normalized spacial score (nSPS) is 11.4. The van der Waals surface area contributed by atoms with Crippen LogP contribution in [0, 0.1) is 27.7 Å². The molecule has 0 aromatic heterocycles. The quantitative estimate of drug-likeness (QED) is 0.830. The Morgan fingerprint density at radius 2 is 1.68 bits per heavy atom. The summed E-state index contributed by atoms with van der Waals surface area (Å²) in [5.41, 5.74) is 4.80. The van der Waals surface area contributed by atoms with Gasteiger partial charge in [-0.1, -0.05) is 18.2 Å². The van der Waals surface area contributed by atoms with E-state index in [4.69, 9.17) is 0 Å². The molecule has 0 bridgehead atoms. The molecule has 0 aliphatic rings. The van der Waals surface area contributed by atoms with E-state index in [2.05, 4.69) is 10.0 Å². The lowest BCUT2D eigenvalue weighted by molar-refractivity contribution is -0.116. The number of carbonyl (C=O) groups excluding carboxylic acids is 1. The third-order valence-corrected chi connectivity index (χ3v) is 5.77. The molecule has 6 heteroatoms. The van der Waals surface area contributed by atoms with Gasteiger partial charge in [-0.05, 0) is 68.1 Å². The van der Waals surface area contributed by atoms with E-state index in [9.17, 15) is 13.2 Å². The summed E-state index contributed by atoms with van der Waals surface area (Å²) in [5, 5.41) is 2.82. The maximum atomic E-state index is 12.3. The molecule has 5 nitrogen and oxygen atoms in total. The van der Waals surface area contributed by atoms with Crippen LogP contribution in [0.1, 0.15) is 28.7 Å². The molecule has 2 N–H and O–H groups in total. The zero-order valence-electron chi connectivity index (χ0n) is 15.0. The van der Waals surface area contributed by atoms with Crippen LogP contribution in [-0.2, 0) is 14.8 Å². The minimum absolute atomic E-state index is 0.0476. The molecule has 0 unspecified atom stereocenters. The second kappa shape index (κ2) is 7.80. The first-order chi connectivity index (χ1) is 11.7. The van der Waals surface area contributed by atoms with Crippen LogP contribution < -0.4 is 10.0 Å². The number of rotatable bonds is 6. The zero-order valence-corrected chi connectivity index (χ0v) is 15.8. The van der Waals surface area contributed by atoms with E-state index in [1.165, 1.54) is 0 Å². The van der Waals surface area contributed by atoms with Gasteiger partial charge < -0.3 is 5.32 Å². The second-order valence-electron chi connectivity index (χ2n) is 6.19. The van der Waals surface area contributed by atoms with Crippen molar-refractivity contribution in [3.05, 3.63) is 58.7 Å². The van der Waals surface area contributed by atoms with Gasteiger partial charge in [-0.2, -0.15) is 0 Å². The molecule has 0 radical (unpaired) electrons. The Morgan fingerprint density at radius 3 is 2.36 bits per heavy atom. The second-order valence-corrected chi connectivity index (χ2v) is 7.96. The van der Waals surface area contributed by atoms with Gasteiger partial charge in [0.25, 0.3) is 0 Å². The van der Waals surface area contributed by atoms with Gasteiger partial charge in [-0.15, -0.1) is 0 Å². The van der Waals surface area contributed by atoms with E-state index in [1.807, 2.05) is 45.9 Å². The minimum Gasteiger partial charge on any atom is -0.326 e. The van der Waals surface area contributed by atoms with Crippen LogP contribution in [0.25, 0.3) is 0 Å². The summed E-state index contributed by atoms with van der Waals surface area (Å²) in [6.45, 7) is 7.75. The minimum atomic E-state index is -3.61. The maximum Gasteiger partial charge on any atom is 0.240 e.